The zero-order valence-corrected chi connectivity index (χ0v) is 31.2. The van der Waals surface area contributed by atoms with Crippen LogP contribution in [-0.4, -0.2) is 68.3 Å². The van der Waals surface area contributed by atoms with Gasteiger partial charge in [-0.2, -0.15) is 0 Å². The van der Waals surface area contributed by atoms with Crippen LogP contribution in [0.15, 0.2) is 0 Å². The van der Waals surface area contributed by atoms with Gasteiger partial charge >= 0.3 is 41.5 Å². The van der Waals surface area contributed by atoms with Crippen LogP contribution >= 0.6 is 0 Å². The summed E-state index contributed by atoms with van der Waals surface area (Å²) in [6, 6.07) is 0. The first-order valence-corrected chi connectivity index (χ1v) is 18.4. The van der Waals surface area contributed by atoms with Gasteiger partial charge in [-0.3, -0.25) is 19.2 Å². The van der Waals surface area contributed by atoms with Gasteiger partial charge < -0.3 is 24.7 Å². The summed E-state index contributed by atoms with van der Waals surface area (Å²) in [6.07, 6.45) is 20.2. The van der Waals surface area contributed by atoms with Crippen molar-refractivity contribution in [2.75, 3.05) is 26.3 Å². The number of unbranched alkanes of at least 4 members (excludes halogenated alkanes) is 16. The molecule has 0 fully saturated rings. The Bertz CT molecular complexity index is 888. The molecule has 1 unspecified atom stereocenters. The minimum atomic E-state index is -5.19. The smallest absolute Gasteiger partial charge is 0.747 e. The Balaban J connectivity index is 0. The molecule has 0 saturated heterocycles. The van der Waals surface area contributed by atoms with Gasteiger partial charge in [-0.05, 0) is 12.8 Å². The fourth-order valence-corrected chi connectivity index (χ4v) is 5.32. The van der Waals surface area contributed by atoms with Crippen molar-refractivity contribution in [1.29, 1.82) is 0 Å². The van der Waals surface area contributed by atoms with Crippen molar-refractivity contribution >= 4 is 33.9 Å². The number of amides is 2. The van der Waals surface area contributed by atoms with E-state index in [1.54, 1.807) is 0 Å². The van der Waals surface area contributed by atoms with Crippen molar-refractivity contribution in [2.24, 2.45) is 0 Å². The van der Waals surface area contributed by atoms with E-state index >= 15 is 0 Å². The van der Waals surface area contributed by atoms with Gasteiger partial charge in [-0.1, -0.05) is 117 Å². The molecule has 0 bridgehead atoms. The molecule has 0 aliphatic rings. The first-order chi connectivity index (χ1) is 21.1. The standard InChI is InChI=1S/C32H60N2O9S.Na/c1-3-5-7-9-11-13-15-17-19-21-29(35)33-23-25-42-31(37)27-28(44(39,40)41)32(38)43-26-24-34-30(36)22-20-18-16-14-12-10-8-6-4-2;/h28H,3-27H2,1-2H3,(H,33,35)(H,34,36)(H,39,40,41);/q;+1/p-1. The maximum atomic E-state index is 12.2. The van der Waals surface area contributed by atoms with Gasteiger partial charge in [0.15, 0.2) is 5.25 Å². The van der Waals surface area contributed by atoms with E-state index in [0.29, 0.717) is 12.8 Å². The molecule has 0 aromatic rings. The number of rotatable bonds is 30. The molecule has 0 aromatic carbocycles. The summed E-state index contributed by atoms with van der Waals surface area (Å²) in [5.41, 5.74) is 0. The second-order valence-electron chi connectivity index (χ2n) is 11.4. The van der Waals surface area contributed by atoms with E-state index in [1.807, 2.05) is 0 Å². The Kier molecular flexibility index (Phi) is 32.0. The van der Waals surface area contributed by atoms with Crippen LogP contribution in [0.1, 0.15) is 149 Å². The Morgan fingerprint density at radius 3 is 1.33 bits per heavy atom. The maximum absolute atomic E-state index is 12.2. The van der Waals surface area contributed by atoms with Crippen LogP contribution in [0.5, 0.6) is 0 Å². The third-order valence-corrected chi connectivity index (χ3v) is 8.39. The SMILES string of the molecule is CCCCCCCCCCCC(=O)NCCOC(=O)CC(C(=O)OCCNC(=O)CCCCCCCCCCC)S(=O)(=O)[O-].[Na+]. The molecule has 0 spiro atoms. The van der Waals surface area contributed by atoms with Crippen molar-refractivity contribution in [1.82, 2.24) is 10.6 Å². The molecule has 0 saturated carbocycles. The fraction of sp³-hybridized carbons (Fsp3) is 0.875. The zero-order chi connectivity index (χ0) is 32.9. The van der Waals surface area contributed by atoms with E-state index in [2.05, 4.69) is 24.5 Å². The Labute approximate surface area is 294 Å². The topological polar surface area (TPSA) is 168 Å². The van der Waals surface area contributed by atoms with E-state index in [4.69, 9.17) is 9.47 Å². The van der Waals surface area contributed by atoms with Crippen molar-refractivity contribution in [2.45, 2.75) is 154 Å². The van der Waals surface area contributed by atoms with Crippen LogP contribution in [0, 0.1) is 0 Å². The third kappa shape index (κ3) is 29.9. The van der Waals surface area contributed by atoms with Crippen LogP contribution in [0.4, 0.5) is 0 Å². The average molecular weight is 671 g/mol. The van der Waals surface area contributed by atoms with Crippen molar-refractivity contribution in [3.05, 3.63) is 0 Å². The summed E-state index contributed by atoms with van der Waals surface area (Å²) in [6.45, 7) is 3.80. The predicted octanol–water partition coefficient (Wildman–Crippen LogP) is 2.45. The summed E-state index contributed by atoms with van der Waals surface area (Å²) in [4.78, 5) is 48.1. The van der Waals surface area contributed by atoms with Gasteiger partial charge in [0.05, 0.1) is 19.5 Å². The van der Waals surface area contributed by atoms with Gasteiger partial charge in [0.2, 0.25) is 11.8 Å². The summed E-state index contributed by atoms with van der Waals surface area (Å²) in [7, 11) is -5.19. The molecule has 0 radical (unpaired) electrons. The molecule has 0 aromatic heterocycles. The average Bonchev–Trinajstić information content (AvgIpc) is 2.98. The van der Waals surface area contributed by atoms with Crippen molar-refractivity contribution in [3.63, 3.8) is 0 Å². The first-order valence-electron chi connectivity index (χ1n) is 16.9. The number of hydrogen-bond acceptors (Lipinski definition) is 9. The fourth-order valence-electron chi connectivity index (χ4n) is 4.67. The molecule has 13 heteroatoms. The number of hydrogen-bond donors (Lipinski definition) is 2. The molecule has 0 rings (SSSR count). The molecule has 1 atom stereocenters. The molecule has 11 nitrogen and oxygen atoms in total. The quantitative estimate of drug-likeness (QED) is 0.0505. The summed E-state index contributed by atoms with van der Waals surface area (Å²) in [5, 5.41) is 2.95. The molecule has 2 amide bonds. The van der Waals surface area contributed by atoms with Crippen LogP contribution in [0.25, 0.3) is 0 Å². The first kappa shape index (κ1) is 45.9. The Hall–Kier alpha value is -1.21. The summed E-state index contributed by atoms with van der Waals surface area (Å²) >= 11 is 0. The Morgan fingerprint density at radius 1 is 0.600 bits per heavy atom. The van der Waals surface area contributed by atoms with E-state index in [0.717, 1.165) is 44.9 Å². The normalized spacial score (nSPS) is 11.7. The molecular formula is C32H59N2NaO9S. The van der Waals surface area contributed by atoms with Crippen LogP contribution in [-0.2, 0) is 38.8 Å². The van der Waals surface area contributed by atoms with Gasteiger partial charge in [-0.25, -0.2) is 8.42 Å². The monoisotopic (exact) mass is 670 g/mol. The van der Waals surface area contributed by atoms with Gasteiger partial charge in [0.1, 0.15) is 23.3 Å². The summed E-state index contributed by atoms with van der Waals surface area (Å²) < 4.78 is 44.4. The molecular weight excluding hydrogens is 611 g/mol. The van der Waals surface area contributed by atoms with Gasteiger partial charge in [-0.15, -0.1) is 0 Å². The van der Waals surface area contributed by atoms with Gasteiger partial charge in [0.25, 0.3) is 0 Å². The number of esters is 2. The van der Waals surface area contributed by atoms with E-state index < -0.39 is 33.7 Å². The van der Waals surface area contributed by atoms with Crippen LogP contribution < -0.4 is 40.2 Å². The molecule has 45 heavy (non-hydrogen) atoms. The zero-order valence-electron chi connectivity index (χ0n) is 28.3. The van der Waals surface area contributed by atoms with E-state index in [-0.39, 0.29) is 67.7 Å². The minimum Gasteiger partial charge on any atom is -0.747 e. The largest absolute Gasteiger partial charge is 1.00 e. The van der Waals surface area contributed by atoms with E-state index in [9.17, 15) is 32.1 Å². The van der Waals surface area contributed by atoms with Gasteiger partial charge in [0, 0.05) is 12.8 Å². The van der Waals surface area contributed by atoms with Crippen LogP contribution in [0.3, 0.4) is 0 Å². The second-order valence-corrected chi connectivity index (χ2v) is 13.0. The predicted molar refractivity (Wildman–Crippen MR) is 170 cm³/mol. The summed E-state index contributed by atoms with van der Waals surface area (Å²) in [5.74, 6) is -2.83. The number of carbonyl (C=O) groups excluding carboxylic acids is 4. The number of ether oxygens (including phenoxy) is 2. The maximum Gasteiger partial charge on any atom is 1.00 e. The minimum absolute atomic E-state index is 0. The number of nitrogens with one attached hydrogen (secondary N) is 2. The molecule has 0 heterocycles. The molecule has 2 N–H and O–H groups in total. The second kappa shape index (κ2) is 31.4. The van der Waals surface area contributed by atoms with Crippen molar-refractivity contribution < 1.29 is 71.2 Å². The number of carbonyl (C=O) groups is 4. The molecule has 258 valence electrons. The molecule has 0 aliphatic heterocycles. The van der Waals surface area contributed by atoms with E-state index in [1.165, 1.54) is 70.6 Å². The Morgan fingerprint density at radius 2 is 0.956 bits per heavy atom. The van der Waals surface area contributed by atoms with Crippen LogP contribution in [0.2, 0.25) is 0 Å². The molecule has 0 aliphatic carbocycles. The third-order valence-electron chi connectivity index (χ3n) is 7.33. The van der Waals surface area contributed by atoms with Crippen molar-refractivity contribution in [3.8, 4) is 0 Å².